The normalized spacial score (nSPS) is 29.9. The maximum atomic E-state index is 12.1. The number of carbonyl (C=O) groups is 1. The average molecular weight is 405 g/mol. The highest BCUT2D eigenvalue weighted by molar-refractivity contribution is 6.01. The maximum Gasteiger partial charge on any atom is 0.228 e. The lowest BCUT2D eigenvalue weighted by Gasteiger charge is -2.29. The summed E-state index contributed by atoms with van der Waals surface area (Å²) in [5.41, 5.74) is 9.31. The number of nitrogens with two attached hydrogens (primary N) is 1. The Balaban J connectivity index is 1.66. The minimum atomic E-state index is -0.568. The van der Waals surface area contributed by atoms with Crippen molar-refractivity contribution in [3.8, 4) is 6.07 Å². The van der Waals surface area contributed by atoms with Crippen LogP contribution < -0.4 is 5.73 Å². The number of nitrogens with zero attached hydrogens (tertiary/aromatic N) is 5. The Labute approximate surface area is 177 Å². The lowest BCUT2D eigenvalue weighted by Crippen LogP contribution is -2.33. The third-order valence-corrected chi connectivity index (χ3v) is 7.22. The van der Waals surface area contributed by atoms with E-state index in [-0.39, 0.29) is 11.5 Å². The van der Waals surface area contributed by atoms with Gasteiger partial charge in [0, 0.05) is 31.2 Å². The van der Waals surface area contributed by atoms with Crippen molar-refractivity contribution in [3.63, 3.8) is 0 Å². The highest BCUT2D eigenvalue weighted by Gasteiger charge is 2.40. The molecule has 30 heavy (non-hydrogen) atoms. The van der Waals surface area contributed by atoms with Gasteiger partial charge in [-0.15, -0.1) is 0 Å². The van der Waals surface area contributed by atoms with E-state index in [1.807, 2.05) is 18.5 Å². The monoisotopic (exact) mass is 404 g/mol. The van der Waals surface area contributed by atoms with Crippen LogP contribution in [0.15, 0.2) is 33.5 Å². The predicted molar refractivity (Wildman–Crippen MR) is 118 cm³/mol. The topological polar surface area (TPSA) is 109 Å². The molecular weight excluding hydrogens is 376 g/mol. The largest absolute Gasteiger partial charge is 0.369 e. The number of rotatable bonds is 4. The molecule has 1 aromatic heterocycles. The molecule has 7 heteroatoms. The van der Waals surface area contributed by atoms with E-state index in [1.54, 1.807) is 17.1 Å². The molecule has 1 amide bonds. The quantitative estimate of drug-likeness (QED) is 0.772. The van der Waals surface area contributed by atoms with Crippen LogP contribution in [-0.2, 0) is 4.79 Å². The van der Waals surface area contributed by atoms with Gasteiger partial charge in [-0.05, 0) is 53.7 Å². The van der Waals surface area contributed by atoms with Gasteiger partial charge in [0.25, 0.3) is 0 Å². The van der Waals surface area contributed by atoms with Gasteiger partial charge in [-0.1, -0.05) is 20.8 Å². The van der Waals surface area contributed by atoms with Crippen molar-refractivity contribution in [2.75, 3.05) is 0 Å². The highest BCUT2D eigenvalue weighted by atomic mass is 16.1. The zero-order chi connectivity index (χ0) is 21.5. The van der Waals surface area contributed by atoms with Gasteiger partial charge < -0.3 is 5.73 Å². The molecule has 156 valence electrons. The molecule has 4 atom stereocenters. The zero-order valence-corrected chi connectivity index (χ0v) is 17.7. The molecule has 4 unspecified atom stereocenters. The molecule has 0 radical (unpaired) electrons. The van der Waals surface area contributed by atoms with Gasteiger partial charge in [0.05, 0.1) is 5.69 Å². The predicted octanol–water partition coefficient (Wildman–Crippen LogP) is 3.72. The van der Waals surface area contributed by atoms with Crippen molar-refractivity contribution in [2.45, 2.75) is 52.5 Å². The summed E-state index contributed by atoms with van der Waals surface area (Å²) >= 11 is 0. The molecule has 0 bridgehead atoms. The Hall–Kier alpha value is -3.01. The van der Waals surface area contributed by atoms with Crippen LogP contribution in [0.4, 0.5) is 0 Å². The van der Waals surface area contributed by atoms with Crippen molar-refractivity contribution in [1.29, 1.82) is 5.26 Å². The second-order valence-electron chi connectivity index (χ2n) is 9.18. The Kier molecular flexibility index (Phi) is 5.19. The summed E-state index contributed by atoms with van der Waals surface area (Å²) in [6, 6.07) is 3.75. The Morgan fingerprint density at radius 3 is 2.80 bits per heavy atom. The fourth-order valence-electron chi connectivity index (χ4n) is 4.62. The molecule has 0 spiro atoms. The van der Waals surface area contributed by atoms with E-state index in [0.29, 0.717) is 24.0 Å². The van der Waals surface area contributed by atoms with Gasteiger partial charge in [0.2, 0.25) is 5.91 Å². The number of nitriles is 1. The first-order valence-electron chi connectivity index (χ1n) is 10.6. The molecule has 1 fully saturated rings. The molecule has 3 aliphatic rings. The summed E-state index contributed by atoms with van der Waals surface area (Å²) < 4.78 is 1.78. The first-order chi connectivity index (χ1) is 14.3. The van der Waals surface area contributed by atoms with E-state index in [0.717, 1.165) is 29.7 Å². The van der Waals surface area contributed by atoms with Crippen LogP contribution >= 0.6 is 0 Å². The van der Waals surface area contributed by atoms with E-state index in [9.17, 15) is 4.79 Å². The fraction of sp³-hybridized carbons (Fsp3) is 0.522. The molecular formula is C23H28N6O. The van der Waals surface area contributed by atoms with Gasteiger partial charge in [-0.2, -0.15) is 10.4 Å². The molecule has 3 heterocycles. The van der Waals surface area contributed by atoms with Crippen molar-refractivity contribution in [3.05, 3.63) is 29.7 Å². The smallest absolute Gasteiger partial charge is 0.228 e. The molecule has 1 aromatic rings. The number of aromatic nitrogens is 1. The number of aliphatic imine (C=N–C) groups is 2. The van der Waals surface area contributed by atoms with Crippen molar-refractivity contribution < 1.29 is 4.79 Å². The van der Waals surface area contributed by atoms with Crippen LogP contribution in [0, 0.1) is 34.5 Å². The number of allylic oxidation sites excluding steroid dienone is 1. The van der Waals surface area contributed by atoms with E-state index < -0.39 is 11.8 Å². The Morgan fingerprint density at radius 1 is 1.40 bits per heavy atom. The lowest BCUT2D eigenvalue weighted by atomic mass is 9.77. The number of amides is 1. The molecule has 0 saturated heterocycles. The van der Waals surface area contributed by atoms with E-state index in [2.05, 4.69) is 36.9 Å². The van der Waals surface area contributed by atoms with Crippen LogP contribution in [0.1, 0.15) is 63.8 Å². The van der Waals surface area contributed by atoms with Crippen LogP contribution in [0.5, 0.6) is 0 Å². The number of fused-ring (bicyclic) bond motifs is 1. The second-order valence-corrected chi connectivity index (χ2v) is 9.18. The van der Waals surface area contributed by atoms with Gasteiger partial charge in [-0.3, -0.25) is 9.79 Å². The van der Waals surface area contributed by atoms with E-state index >= 15 is 0 Å². The summed E-state index contributed by atoms with van der Waals surface area (Å²) in [4.78, 5) is 21.2. The van der Waals surface area contributed by atoms with Gasteiger partial charge in [0.1, 0.15) is 23.7 Å². The van der Waals surface area contributed by atoms with E-state index in [4.69, 9.17) is 16.0 Å². The number of hydrogen-bond acceptors (Lipinski definition) is 5. The zero-order valence-electron chi connectivity index (χ0n) is 17.7. The second kappa shape index (κ2) is 7.67. The minimum Gasteiger partial charge on any atom is -0.369 e. The number of carbonyl (C=O) groups excluding carboxylic acids is 1. The molecule has 0 aromatic carbocycles. The number of hydrogen-bond donors (Lipinski definition) is 1. The average Bonchev–Trinajstić information content (AvgIpc) is 3.27. The number of primary amides is 1. The van der Waals surface area contributed by atoms with Gasteiger partial charge >= 0.3 is 0 Å². The lowest BCUT2D eigenvalue weighted by molar-refractivity contribution is -0.120. The fourth-order valence-corrected chi connectivity index (χ4v) is 4.62. The summed E-state index contributed by atoms with van der Waals surface area (Å²) in [5, 5.41) is 13.4. The third-order valence-electron chi connectivity index (χ3n) is 7.22. The summed E-state index contributed by atoms with van der Waals surface area (Å²) in [6.07, 6.45) is 11.0. The molecule has 7 nitrogen and oxygen atoms in total. The van der Waals surface area contributed by atoms with Crippen LogP contribution in [0.25, 0.3) is 5.57 Å². The van der Waals surface area contributed by atoms with Crippen molar-refractivity contribution in [1.82, 2.24) is 4.68 Å². The SMILES string of the molecule is CC1CCC(C=NC2c3cc(C4=CN=C(C#N)CC4)cn3N=CC2C(N)=O)C1(C)C. The molecule has 4 rings (SSSR count). The summed E-state index contributed by atoms with van der Waals surface area (Å²) in [5.74, 6) is 0.0278. The van der Waals surface area contributed by atoms with Crippen molar-refractivity contribution in [2.24, 2.45) is 44.0 Å². The summed E-state index contributed by atoms with van der Waals surface area (Å²) in [7, 11) is 0. The first-order valence-corrected chi connectivity index (χ1v) is 10.6. The van der Waals surface area contributed by atoms with Crippen molar-refractivity contribution >= 4 is 29.6 Å². The summed E-state index contributed by atoms with van der Waals surface area (Å²) in [6.45, 7) is 6.88. The Bertz CT molecular complexity index is 1020. The van der Waals surface area contributed by atoms with Crippen LogP contribution in [0.2, 0.25) is 0 Å². The molecule has 2 aliphatic heterocycles. The van der Waals surface area contributed by atoms with Crippen LogP contribution in [-0.4, -0.2) is 28.7 Å². The molecule has 1 aliphatic carbocycles. The minimum absolute atomic E-state index is 0.186. The molecule has 2 N–H and O–H groups in total. The standard InChI is InChI=1S/C23H28N6O/c1-14-4-6-17(23(14,2)3)11-27-21-19(22(25)30)12-28-29-13-16(8-20(21)29)15-5-7-18(9-24)26-10-15/h8,10-14,17,19,21H,4-7H2,1-3H3,(H2,25,30). The van der Waals surface area contributed by atoms with Gasteiger partial charge in [-0.25, -0.2) is 9.67 Å². The van der Waals surface area contributed by atoms with E-state index in [1.165, 1.54) is 6.42 Å². The Morgan fingerprint density at radius 2 is 2.20 bits per heavy atom. The maximum absolute atomic E-state index is 12.1. The first kappa shape index (κ1) is 20.3. The highest BCUT2D eigenvalue weighted by Crippen LogP contribution is 2.46. The third kappa shape index (κ3) is 3.51. The van der Waals surface area contributed by atoms with Crippen LogP contribution in [0.3, 0.4) is 0 Å². The molecule has 1 saturated carbocycles. The van der Waals surface area contributed by atoms with Gasteiger partial charge in [0.15, 0.2) is 0 Å².